The zero-order valence-electron chi connectivity index (χ0n) is 13.4. The van der Waals surface area contributed by atoms with Crippen molar-refractivity contribution < 1.29 is 19.1 Å². The van der Waals surface area contributed by atoms with Gasteiger partial charge >= 0.3 is 12.1 Å². The summed E-state index contributed by atoms with van der Waals surface area (Å²) in [6.07, 6.45) is -0.457. The lowest BCUT2D eigenvalue weighted by molar-refractivity contribution is -0.144. The van der Waals surface area contributed by atoms with E-state index in [2.05, 4.69) is 10.3 Å². The quantitative estimate of drug-likeness (QED) is 0.848. The van der Waals surface area contributed by atoms with Crippen LogP contribution in [0.4, 0.5) is 4.79 Å². The molecule has 0 unspecified atom stereocenters. The van der Waals surface area contributed by atoms with Gasteiger partial charge in [0.25, 0.3) is 0 Å². The fourth-order valence-corrected chi connectivity index (χ4v) is 2.66. The maximum atomic E-state index is 11.7. The molecule has 1 aromatic carbocycles. The predicted molar refractivity (Wildman–Crippen MR) is 88.3 cm³/mol. The van der Waals surface area contributed by atoms with Gasteiger partial charge in [0, 0.05) is 6.54 Å². The van der Waals surface area contributed by atoms with Crippen molar-refractivity contribution in [1.82, 2.24) is 10.3 Å². The van der Waals surface area contributed by atoms with Gasteiger partial charge in [-0.05, 0) is 32.9 Å². The number of esters is 1. The molecule has 0 aliphatic rings. The van der Waals surface area contributed by atoms with Gasteiger partial charge in [0.05, 0.1) is 16.6 Å². The van der Waals surface area contributed by atoms with Crippen molar-refractivity contribution in [2.24, 2.45) is 0 Å². The van der Waals surface area contributed by atoms with Crippen molar-refractivity contribution in [3.05, 3.63) is 29.3 Å². The van der Waals surface area contributed by atoms with E-state index in [1.165, 1.54) is 11.3 Å². The number of benzene rings is 1. The van der Waals surface area contributed by atoms with Crippen molar-refractivity contribution in [3.63, 3.8) is 0 Å². The largest absolute Gasteiger partial charge is 0.458 e. The molecule has 0 aliphatic carbocycles. The third kappa shape index (κ3) is 5.86. The summed E-state index contributed by atoms with van der Waals surface area (Å²) >= 11 is 1.50. The van der Waals surface area contributed by atoms with Crippen LogP contribution >= 0.6 is 11.3 Å². The Bertz CT molecular complexity index is 658. The van der Waals surface area contributed by atoms with Crippen molar-refractivity contribution in [3.8, 4) is 0 Å². The van der Waals surface area contributed by atoms with Crippen molar-refractivity contribution in [2.45, 2.75) is 39.4 Å². The van der Waals surface area contributed by atoms with E-state index in [-0.39, 0.29) is 25.5 Å². The molecule has 2 rings (SSSR count). The number of carbonyl (C=O) groups is 2. The molecule has 7 heteroatoms. The number of hydrogen-bond donors (Lipinski definition) is 1. The van der Waals surface area contributed by atoms with Crippen LogP contribution in [-0.2, 0) is 20.9 Å². The van der Waals surface area contributed by atoms with Gasteiger partial charge in [-0.1, -0.05) is 12.1 Å². The highest BCUT2D eigenvalue weighted by Crippen LogP contribution is 2.21. The molecule has 0 atom stereocenters. The number of hydrogen-bond acceptors (Lipinski definition) is 6. The van der Waals surface area contributed by atoms with Gasteiger partial charge in [-0.3, -0.25) is 4.79 Å². The van der Waals surface area contributed by atoms with Crippen LogP contribution in [0, 0.1) is 0 Å². The molecule has 0 radical (unpaired) electrons. The summed E-state index contributed by atoms with van der Waals surface area (Å²) in [7, 11) is 0. The number of aromatic nitrogens is 1. The van der Waals surface area contributed by atoms with Gasteiger partial charge in [0.2, 0.25) is 0 Å². The maximum Gasteiger partial charge on any atom is 0.407 e. The molecule has 0 saturated heterocycles. The molecule has 2 aromatic rings. The predicted octanol–water partition coefficient (Wildman–Crippen LogP) is 3.25. The molecule has 1 amide bonds. The zero-order chi connectivity index (χ0) is 16.9. The number of rotatable bonds is 5. The summed E-state index contributed by atoms with van der Waals surface area (Å²) in [5.41, 5.74) is 0.340. The second-order valence-corrected chi connectivity index (χ2v) is 7.03. The first-order valence-electron chi connectivity index (χ1n) is 7.30. The molecule has 0 bridgehead atoms. The number of thiazole rings is 1. The molecular weight excluding hydrogens is 316 g/mol. The number of ether oxygens (including phenoxy) is 2. The van der Waals surface area contributed by atoms with Crippen molar-refractivity contribution in [2.75, 3.05) is 6.54 Å². The SMILES string of the molecule is CC(C)(C)OC(=O)NCCC(=O)OCc1nc2ccccc2s1. The van der Waals surface area contributed by atoms with Gasteiger partial charge in [0.1, 0.15) is 17.2 Å². The Kier molecular flexibility index (Phi) is 5.54. The minimum absolute atomic E-state index is 0.0874. The van der Waals surface area contributed by atoms with E-state index in [0.29, 0.717) is 0 Å². The first-order chi connectivity index (χ1) is 10.8. The van der Waals surface area contributed by atoms with Crippen molar-refractivity contribution >= 4 is 33.6 Å². The lowest BCUT2D eigenvalue weighted by Crippen LogP contribution is -2.33. The Labute approximate surface area is 138 Å². The number of carbonyl (C=O) groups excluding carboxylic acids is 2. The summed E-state index contributed by atoms with van der Waals surface area (Å²) in [4.78, 5) is 27.5. The maximum absolute atomic E-state index is 11.7. The third-order valence-electron chi connectivity index (χ3n) is 2.69. The molecule has 0 fully saturated rings. The molecule has 124 valence electrons. The standard InChI is InChI=1S/C16H20N2O4S/c1-16(2,3)22-15(20)17-9-8-14(19)21-10-13-18-11-6-4-5-7-12(11)23-13/h4-7H,8-10H2,1-3H3,(H,17,20). The highest BCUT2D eigenvalue weighted by Gasteiger charge is 2.16. The molecule has 0 aliphatic heterocycles. The molecule has 23 heavy (non-hydrogen) atoms. The minimum atomic E-state index is -0.558. The van der Waals surface area contributed by atoms with Crippen molar-refractivity contribution in [1.29, 1.82) is 0 Å². The summed E-state index contributed by atoms with van der Waals surface area (Å²) in [6, 6.07) is 7.75. The number of para-hydroxylation sites is 1. The van der Waals surface area contributed by atoms with Crippen LogP contribution in [0.5, 0.6) is 0 Å². The number of fused-ring (bicyclic) bond motifs is 1. The van der Waals surface area contributed by atoms with Crippen LogP contribution in [0.15, 0.2) is 24.3 Å². The molecule has 0 saturated carbocycles. The smallest absolute Gasteiger partial charge is 0.407 e. The second kappa shape index (κ2) is 7.41. The summed E-state index contributed by atoms with van der Waals surface area (Å²) in [6.45, 7) is 5.65. The fraction of sp³-hybridized carbons (Fsp3) is 0.438. The highest BCUT2D eigenvalue weighted by atomic mass is 32.1. The van der Waals surface area contributed by atoms with E-state index in [1.54, 1.807) is 20.8 Å². The summed E-state index contributed by atoms with van der Waals surface area (Å²) < 4.78 is 11.3. The van der Waals surface area contributed by atoms with Crippen LogP contribution in [0.25, 0.3) is 10.2 Å². The Morgan fingerprint density at radius 2 is 2.00 bits per heavy atom. The topological polar surface area (TPSA) is 77.5 Å². The van der Waals surface area contributed by atoms with Crippen LogP contribution in [0.3, 0.4) is 0 Å². The van der Waals surface area contributed by atoms with Gasteiger partial charge in [-0.2, -0.15) is 0 Å². The van der Waals surface area contributed by atoms with Gasteiger partial charge in [-0.15, -0.1) is 11.3 Å². The van der Waals surface area contributed by atoms with E-state index in [1.807, 2.05) is 24.3 Å². The van der Waals surface area contributed by atoms with E-state index < -0.39 is 11.7 Å². The number of nitrogens with one attached hydrogen (secondary N) is 1. The average Bonchev–Trinajstić information content (AvgIpc) is 2.86. The van der Waals surface area contributed by atoms with Gasteiger partial charge in [-0.25, -0.2) is 9.78 Å². The number of nitrogens with zero attached hydrogens (tertiary/aromatic N) is 1. The minimum Gasteiger partial charge on any atom is -0.458 e. The van der Waals surface area contributed by atoms with Gasteiger partial charge < -0.3 is 14.8 Å². The van der Waals surface area contributed by atoms with Crippen LogP contribution in [-0.4, -0.2) is 29.2 Å². The molecular formula is C16H20N2O4S. The molecule has 6 nitrogen and oxygen atoms in total. The van der Waals surface area contributed by atoms with E-state index in [4.69, 9.17) is 9.47 Å². The van der Waals surface area contributed by atoms with Crippen LogP contribution < -0.4 is 5.32 Å². The molecule has 1 N–H and O–H groups in total. The highest BCUT2D eigenvalue weighted by molar-refractivity contribution is 7.18. The first-order valence-corrected chi connectivity index (χ1v) is 8.12. The summed E-state index contributed by atoms with van der Waals surface area (Å²) in [5.74, 6) is -0.389. The fourth-order valence-electron chi connectivity index (χ4n) is 1.78. The van der Waals surface area contributed by atoms with Crippen LogP contribution in [0.2, 0.25) is 0 Å². The molecule has 1 aromatic heterocycles. The average molecular weight is 336 g/mol. The Morgan fingerprint density at radius 3 is 2.70 bits per heavy atom. The van der Waals surface area contributed by atoms with Gasteiger partial charge in [0.15, 0.2) is 0 Å². The first kappa shape index (κ1) is 17.2. The lowest BCUT2D eigenvalue weighted by atomic mass is 10.2. The van der Waals surface area contributed by atoms with E-state index in [0.717, 1.165) is 15.2 Å². The van der Waals surface area contributed by atoms with E-state index in [9.17, 15) is 9.59 Å². The monoisotopic (exact) mass is 336 g/mol. The molecule has 0 spiro atoms. The Balaban J connectivity index is 1.70. The molecule has 1 heterocycles. The Morgan fingerprint density at radius 1 is 1.26 bits per heavy atom. The lowest BCUT2D eigenvalue weighted by Gasteiger charge is -2.19. The summed E-state index contributed by atoms with van der Waals surface area (Å²) in [5, 5.41) is 3.26. The second-order valence-electron chi connectivity index (χ2n) is 5.91. The Hall–Kier alpha value is -2.15. The number of amides is 1. The van der Waals surface area contributed by atoms with E-state index >= 15 is 0 Å². The third-order valence-corrected chi connectivity index (χ3v) is 3.70. The van der Waals surface area contributed by atoms with Crippen LogP contribution in [0.1, 0.15) is 32.2 Å². The normalized spacial score (nSPS) is 11.3. The zero-order valence-corrected chi connectivity index (χ0v) is 14.2. The number of alkyl carbamates (subject to hydrolysis) is 1.